The molecule has 10 heteroatoms. The van der Waals surface area contributed by atoms with Gasteiger partial charge in [0.05, 0.1) is 32.3 Å². The van der Waals surface area contributed by atoms with Crippen molar-refractivity contribution in [1.82, 2.24) is 4.90 Å². The molecule has 2 aliphatic rings. The molecule has 1 fully saturated rings. The molecule has 0 unspecified atom stereocenters. The Hall–Kier alpha value is -3.89. The number of hydrogen-bond acceptors (Lipinski definition) is 7. The number of fused-ring (bicyclic) bond motifs is 4. The Balaban J connectivity index is 1.56. The Morgan fingerprint density at radius 2 is 1.62 bits per heavy atom. The van der Waals surface area contributed by atoms with Crippen molar-refractivity contribution < 1.29 is 35.8 Å². The zero-order valence-electron chi connectivity index (χ0n) is 24.0. The fraction of sp³-hybridized carbons (Fsp3) is 0.344. The summed E-state index contributed by atoms with van der Waals surface area (Å²) >= 11 is 0. The van der Waals surface area contributed by atoms with E-state index in [-0.39, 0.29) is 10.6 Å². The quantitative estimate of drug-likeness (QED) is 0.204. The highest BCUT2D eigenvalue weighted by atomic mass is 32.2. The number of piperidine rings is 1. The summed E-state index contributed by atoms with van der Waals surface area (Å²) in [6.07, 6.45) is 6.19. The zero-order chi connectivity index (χ0) is 29.4. The summed E-state index contributed by atoms with van der Waals surface area (Å²) in [4.78, 5) is 2.14. The lowest BCUT2D eigenvalue weighted by atomic mass is 9.93. The van der Waals surface area contributed by atoms with Crippen molar-refractivity contribution in [3.8, 4) is 34.3 Å². The van der Waals surface area contributed by atoms with E-state index in [1.54, 1.807) is 14.2 Å². The Morgan fingerprint density at radius 1 is 0.881 bits per heavy atom. The molecule has 0 amide bonds. The van der Waals surface area contributed by atoms with Crippen LogP contribution in [-0.2, 0) is 29.6 Å². The van der Waals surface area contributed by atoms with Crippen molar-refractivity contribution in [1.29, 1.82) is 0 Å². The molecule has 0 bridgehead atoms. The van der Waals surface area contributed by atoms with E-state index in [1.807, 2.05) is 24.4 Å². The van der Waals surface area contributed by atoms with Crippen LogP contribution in [0.2, 0.25) is 0 Å². The minimum absolute atomic E-state index is 0.0764. The lowest BCUT2D eigenvalue weighted by Crippen LogP contribution is -2.40. The highest BCUT2D eigenvalue weighted by Gasteiger charge is 2.30. The van der Waals surface area contributed by atoms with Crippen molar-refractivity contribution in [3.63, 3.8) is 0 Å². The van der Waals surface area contributed by atoms with Gasteiger partial charge in [0.25, 0.3) is 0 Å². The number of aromatic nitrogens is 1. The molecule has 2 aliphatic heterocycles. The highest BCUT2D eigenvalue weighted by Crippen LogP contribution is 2.43. The van der Waals surface area contributed by atoms with Gasteiger partial charge in [-0.2, -0.15) is 13.0 Å². The number of halogens is 1. The summed E-state index contributed by atoms with van der Waals surface area (Å²) in [5.41, 5.74) is 4.16. The molecule has 6 rings (SSSR count). The molecule has 1 aromatic heterocycles. The van der Waals surface area contributed by atoms with Crippen LogP contribution in [0.15, 0.2) is 59.6 Å². The maximum Gasteiger partial charge on any atom is 0.339 e. The summed E-state index contributed by atoms with van der Waals surface area (Å²) < 4.78 is 65.4. The normalized spacial score (nSPS) is 15.1. The van der Waals surface area contributed by atoms with Crippen molar-refractivity contribution in [3.05, 3.63) is 71.7 Å². The molecular formula is C32H34FN2O6S+. The second-order valence-corrected chi connectivity index (χ2v) is 12.2. The van der Waals surface area contributed by atoms with Crippen LogP contribution in [0.4, 0.5) is 4.39 Å². The Kier molecular flexibility index (Phi) is 7.67. The number of likely N-dealkylation sites (tertiary alicyclic amines) is 1. The first-order chi connectivity index (χ1) is 20.3. The third kappa shape index (κ3) is 5.25. The first-order valence-electron chi connectivity index (χ1n) is 14.1. The number of nitrogens with zero attached hydrogens (tertiary/aromatic N) is 2. The fourth-order valence-corrected chi connectivity index (χ4v) is 6.99. The van der Waals surface area contributed by atoms with Crippen molar-refractivity contribution in [2.75, 3.05) is 34.4 Å². The molecule has 220 valence electrons. The van der Waals surface area contributed by atoms with Crippen LogP contribution < -0.4 is 23.0 Å². The molecule has 0 radical (unpaired) electrons. The van der Waals surface area contributed by atoms with E-state index < -0.39 is 15.9 Å². The smallest absolute Gasteiger partial charge is 0.339 e. The van der Waals surface area contributed by atoms with E-state index in [9.17, 15) is 12.8 Å². The number of benzene rings is 3. The van der Waals surface area contributed by atoms with Crippen molar-refractivity contribution in [2.24, 2.45) is 0 Å². The van der Waals surface area contributed by atoms with Gasteiger partial charge in [-0.3, -0.25) is 4.90 Å². The van der Waals surface area contributed by atoms with E-state index in [0.29, 0.717) is 35.7 Å². The van der Waals surface area contributed by atoms with E-state index in [1.165, 1.54) is 31.7 Å². The molecule has 0 aliphatic carbocycles. The van der Waals surface area contributed by atoms with E-state index >= 15 is 0 Å². The number of aryl methyl sites for hydroxylation is 2. The molecule has 8 nitrogen and oxygen atoms in total. The first-order valence-corrected chi connectivity index (χ1v) is 15.5. The lowest BCUT2D eigenvalue weighted by molar-refractivity contribution is -0.686. The second-order valence-electron chi connectivity index (χ2n) is 10.7. The molecule has 0 spiro atoms. The van der Waals surface area contributed by atoms with E-state index in [0.717, 1.165) is 66.2 Å². The summed E-state index contributed by atoms with van der Waals surface area (Å²) in [7, 11) is 0.384. The van der Waals surface area contributed by atoms with Crippen LogP contribution in [0.1, 0.15) is 30.4 Å². The first kappa shape index (κ1) is 28.2. The van der Waals surface area contributed by atoms with Gasteiger partial charge >= 0.3 is 10.1 Å². The fourth-order valence-electron chi connectivity index (χ4n) is 6.01. The summed E-state index contributed by atoms with van der Waals surface area (Å²) in [6.45, 7) is 3.35. The number of rotatable bonds is 8. The van der Waals surface area contributed by atoms with Crippen LogP contribution in [0.3, 0.4) is 0 Å². The van der Waals surface area contributed by atoms with Gasteiger partial charge in [0.2, 0.25) is 5.69 Å². The average Bonchev–Trinajstić information content (AvgIpc) is 3.01. The number of methoxy groups -OCH3 is 3. The molecular weight excluding hydrogens is 559 g/mol. The van der Waals surface area contributed by atoms with Gasteiger partial charge < -0.3 is 18.4 Å². The summed E-state index contributed by atoms with van der Waals surface area (Å²) in [6, 6.07) is 12.8. The van der Waals surface area contributed by atoms with E-state index in [4.69, 9.17) is 18.4 Å². The number of pyridine rings is 1. The van der Waals surface area contributed by atoms with Gasteiger partial charge in [-0.1, -0.05) is 12.5 Å². The van der Waals surface area contributed by atoms with Gasteiger partial charge in [-0.25, -0.2) is 4.39 Å². The maximum atomic E-state index is 14.0. The predicted molar refractivity (Wildman–Crippen MR) is 156 cm³/mol. The Labute approximate surface area is 245 Å². The molecule has 0 N–H and O–H groups in total. The molecule has 4 aromatic rings. The number of ether oxygens (including phenoxy) is 3. The maximum absolute atomic E-state index is 14.0. The Bertz CT molecular complexity index is 1770. The van der Waals surface area contributed by atoms with Crippen LogP contribution in [0.5, 0.6) is 23.0 Å². The van der Waals surface area contributed by atoms with Crippen molar-refractivity contribution in [2.45, 2.75) is 43.7 Å². The SMILES string of the molecule is COc1cc2c(cc1OC)-c1cc3c(CN4CCCCC4)cc(OC)c(OS(=O)(=O)c4cccc(F)c4)c3c[n+]1CC2. The minimum atomic E-state index is -4.36. The number of hydrogen-bond donors (Lipinski definition) is 0. The zero-order valence-corrected chi connectivity index (χ0v) is 24.8. The standard InChI is InChI=1S/C32H34FN2O6S/c1-38-29-14-21-10-13-35-20-27-25(17-28(35)26(21)18-30(29)39-2)22(19-34-11-5-4-6-12-34)15-31(40-3)32(27)41-42(36,37)24-9-7-8-23(33)16-24/h7-9,14-18,20H,4-6,10-13,19H2,1-3H3/q+1. The van der Waals surface area contributed by atoms with Gasteiger partial charge in [0.1, 0.15) is 10.7 Å². The van der Waals surface area contributed by atoms with Crippen LogP contribution >= 0.6 is 0 Å². The monoisotopic (exact) mass is 593 g/mol. The van der Waals surface area contributed by atoms with Crippen LogP contribution in [0, 0.1) is 5.82 Å². The third-order valence-corrected chi connectivity index (χ3v) is 9.35. The molecule has 3 aromatic carbocycles. The lowest BCUT2D eigenvalue weighted by Gasteiger charge is -2.27. The van der Waals surface area contributed by atoms with Crippen LogP contribution in [-0.4, -0.2) is 47.7 Å². The van der Waals surface area contributed by atoms with Gasteiger partial charge in [0.15, 0.2) is 35.7 Å². The average molecular weight is 594 g/mol. The Morgan fingerprint density at radius 3 is 2.33 bits per heavy atom. The van der Waals surface area contributed by atoms with Gasteiger partial charge in [-0.05, 0) is 73.5 Å². The molecule has 42 heavy (non-hydrogen) atoms. The third-order valence-electron chi connectivity index (χ3n) is 8.13. The molecule has 1 saturated heterocycles. The van der Waals surface area contributed by atoms with Gasteiger partial charge in [0, 0.05) is 24.4 Å². The minimum Gasteiger partial charge on any atom is -0.493 e. The van der Waals surface area contributed by atoms with Crippen molar-refractivity contribution >= 4 is 20.9 Å². The molecule has 0 saturated carbocycles. The predicted octanol–water partition coefficient (Wildman–Crippen LogP) is 5.27. The summed E-state index contributed by atoms with van der Waals surface area (Å²) in [5, 5.41) is 1.47. The van der Waals surface area contributed by atoms with Gasteiger partial charge in [-0.15, -0.1) is 0 Å². The molecule has 0 atom stereocenters. The highest BCUT2D eigenvalue weighted by molar-refractivity contribution is 7.87. The summed E-state index contributed by atoms with van der Waals surface area (Å²) in [5.74, 6) is 1.03. The topological polar surface area (TPSA) is 78.2 Å². The second kappa shape index (κ2) is 11.4. The largest absolute Gasteiger partial charge is 0.493 e. The molecule has 3 heterocycles. The van der Waals surface area contributed by atoms with Crippen LogP contribution in [0.25, 0.3) is 22.0 Å². The van der Waals surface area contributed by atoms with E-state index in [2.05, 4.69) is 15.5 Å².